The Morgan fingerprint density at radius 2 is 1.95 bits per heavy atom. The molecule has 3 saturated carbocycles. The van der Waals surface area contributed by atoms with Crippen LogP contribution in [0.5, 0.6) is 0 Å². The summed E-state index contributed by atoms with van der Waals surface area (Å²) in [5.74, 6) is 4.69. The lowest BCUT2D eigenvalue weighted by Crippen LogP contribution is -2.41. The summed E-state index contributed by atoms with van der Waals surface area (Å²) in [4.78, 5) is 10.9. The van der Waals surface area contributed by atoms with Gasteiger partial charge in [0.05, 0.1) is 0 Å². The number of halogens is 1. The quantitative estimate of drug-likeness (QED) is 0.485. The molecule has 0 aromatic rings. The maximum atomic E-state index is 10.9. The molecule has 3 heteroatoms. The van der Waals surface area contributed by atoms with Crippen LogP contribution in [0, 0.1) is 29.6 Å². The average molecular weight is 309 g/mol. The number of fused-ring (bicyclic) bond motifs is 5. The van der Waals surface area contributed by atoms with E-state index in [9.17, 15) is 4.79 Å². The van der Waals surface area contributed by atoms with Gasteiger partial charge in [-0.2, -0.15) is 0 Å². The molecule has 3 fully saturated rings. The Morgan fingerprint density at radius 3 is 2.81 bits per heavy atom. The third-order valence-corrected chi connectivity index (χ3v) is 6.95. The maximum absolute atomic E-state index is 10.9. The molecule has 0 radical (unpaired) electrons. The second-order valence-corrected chi connectivity index (χ2v) is 7.95. The largest absolute Gasteiger partial charge is 0.450 e. The third-order valence-electron chi connectivity index (χ3n) is 6.86. The summed E-state index contributed by atoms with van der Waals surface area (Å²) in [6, 6.07) is 0. The Balaban J connectivity index is 1.50. The van der Waals surface area contributed by atoms with E-state index < -0.39 is 5.43 Å². The molecule has 6 unspecified atom stereocenters. The van der Waals surface area contributed by atoms with E-state index in [0.717, 1.165) is 42.4 Å². The van der Waals surface area contributed by atoms with Crippen molar-refractivity contribution in [3.63, 3.8) is 0 Å². The lowest BCUT2D eigenvalue weighted by Gasteiger charge is -2.49. The van der Waals surface area contributed by atoms with Crippen molar-refractivity contribution < 1.29 is 9.53 Å². The molecule has 21 heavy (non-hydrogen) atoms. The van der Waals surface area contributed by atoms with E-state index in [-0.39, 0.29) is 6.10 Å². The summed E-state index contributed by atoms with van der Waals surface area (Å²) < 4.78 is 5.23. The molecule has 0 amide bonds. The van der Waals surface area contributed by atoms with Crippen molar-refractivity contribution in [2.45, 2.75) is 63.9 Å². The van der Waals surface area contributed by atoms with Gasteiger partial charge in [0.2, 0.25) is 0 Å². The van der Waals surface area contributed by atoms with Crippen LogP contribution in [0.4, 0.5) is 4.79 Å². The van der Waals surface area contributed by atoms with Gasteiger partial charge in [-0.25, -0.2) is 4.79 Å². The molecule has 2 nitrogen and oxygen atoms in total. The maximum Gasteiger partial charge on any atom is 0.404 e. The van der Waals surface area contributed by atoms with E-state index in [1.165, 1.54) is 44.9 Å². The molecule has 6 atom stereocenters. The normalized spacial score (nSPS) is 45.1. The molecular formula is C18H25ClO2. The van der Waals surface area contributed by atoms with Crippen LogP contribution in [-0.2, 0) is 4.74 Å². The molecular weight excluding hydrogens is 284 g/mol. The number of hydrogen-bond acceptors (Lipinski definition) is 2. The Hall–Kier alpha value is -0.500. The second-order valence-electron chi connectivity index (χ2n) is 7.64. The van der Waals surface area contributed by atoms with E-state index in [1.807, 2.05) is 0 Å². The summed E-state index contributed by atoms with van der Waals surface area (Å²) in [7, 11) is 0. The molecule has 116 valence electrons. The van der Waals surface area contributed by atoms with Gasteiger partial charge < -0.3 is 4.74 Å². The Bertz CT molecular complexity index is 458. The minimum Gasteiger partial charge on any atom is -0.450 e. The summed E-state index contributed by atoms with van der Waals surface area (Å²) in [6.45, 7) is 0. The zero-order chi connectivity index (χ0) is 14.4. The predicted molar refractivity (Wildman–Crippen MR) is 83.2 cm³/mol. The van der Waals surface area contributed by atoms with E-state index in [2.05, 4.69) is 6.08 Å². The van der Waals surface area contributed by atoms with Gasteiger partial charge in [-0.15, -0.1) is 0 Å². The van der Waals surface area contributed by atoms with Gasteiger partial charge in [-0.05, 0) is 68.1 Å². The van der Waals surface area contributed by atoms with E-state index >= 15 is 0 Å². The van der Waals surface area contributed by atoms with Crippen LogP contribution < -0.4 is 0 Å². The standard InChI is InChI=1S/C18H25ClO2/c19-18(20)21-13-6-9-15-12(10-13)5-8-16-14-3-1-2-11(14)4-7-17(15)16/h5,11,13-17H,1-4,6-10H2. The number of carbonyl (C=O) groups excluding carboxylic acids is 1. The molecule has 0 spiro atoms. The van der Waals surface area contributed by atoms with Crippen molar-refractivity contribution in [1.29, 1.82) is 0 Å². The van der Waals surface area contributed by atoms with Crippen LogP contribution in [0.3, 0.4) is 0 Å². The molecule has 0 N–H and O–H groups in total. The fourth-order valence-corrected chi connectivity index (χ4v) is 6.21. The molecule has 0 bridgehead atoms. The average Bonchev–Trinajstić information content (AvgIpc) is 2.94. The fourth-order valence-electron chi connectivity index (χ4n) is 6.08. The Labute approximate surface area is 132 Å². The summed E-state index contributed by atoms with van der Waals surface area (Å²) in [5.41, 5.74) is 0.932. The molecule has 0 aromatic heterocycles. The van der Waals surface area contributed by atoms with Crippen LogP contribution in [0.1, 0.15) is 57.8 Å². The highest BCUT2D eigenvalue weighted by Crippen LogP contribution is 2.56. The van der Waals surface area contributed by atoms with Crippen molar-refractivity contribution in [1.82, 2.24) is 0 Å². The van der Waals surface area contributed by atoms with Gasteiger partial charge in [-0.3, -0.25) is 0 Å². The van der Waals surface area contributed by atoms with Crippen molar-refractivity contribution in [3.05, 3.63) is 11.6 Å². The first-order valence-corrected chi connectivity index (χ1v) is 9.15. The first kappa shape index (κ1) is 14.1. The summed E-state index contributed by atoms with van der Waals surface area (Å²) in [6.07, 6.45) is 14.3. The molecule has 4 rings (SSSR count). The first-order valence-electron chi connectivity index (χ1n) is 8.77. The van der Waals surface area contributed by atoms with Gasteiger partial charge in [0.15, 0.2) is 0 Å². The van der Waals surface area contributed by atoms with E-state index in [0.29, 0.717) is 0 Å². The zero-order valence-corrected chi connectivity index (χ0v) is 13.4. The predicted octanol–water partition coefficient (Wildman–Crippen LogP) is 5.30. The highest BCUT2D eigenvalue weighted by molar-refractivity contribution is 6.61. The Kier molecular flexibility index (Phi) is 3.77. The van der Waals surface area contributed by atoms with Crippen molar-refractivity contribution in [2.24, 2.45) is 29.6 Å². The van der Waals surface area contributed by atoms with Crippen LogP contribution >= 0.6 is 11.6 Å². The SMILES string of the molecule is O=C(Cl)OC1CCC2C(=CCC3C4CCCC4CCC23)C1. The topological polar surface area (TPSA) is 26.3 Å². The van der Waals surface area contributed by atoms with E-state index in [4.69, 9.17) is 16.3 Å². The zero-order valence-electron chi connectivity index (χ0n) is 12.6. The number of allylic oxidation sites excluding steroid dienone is 1. The monoisotopic (exact) mass is 308 g/mol. The van der Waals surface area contributed by atoms with Gasteiger partial charge in [-0.1, -0.05) is 24.5 Å². The Morgan fingerprint density at radius 1 is 1.05 bits per heavy atom. The molecule has 0 aliphatic heterocycles. The van der Waals surface area contributed by atoms with Crippen LogP contribution in [0.2, 0.25) is 0 Å². The van der Waals surface area contributed by atoms with Crippen LogP contribution in [-0.4, -0.2) is 11.5 Å². The molecule has 0 aromatic carbocycles. The van der Waals surface area contributed by atoms with Gasteiger partial charge in [0.1, 0.15) is 6.10 Å². The van der Waals surface area contributed by atoms with Crippen molar-refractivity contribution >= 4 is 17.0 Å². The molecule has 4 aliphatic carbocycles. The molecule has 0 heterocycles. The van der Waals surface area contributed by atoms with Crippen LogP contribution in [0.25, 0.3) is 0 Å². The smallest absolute Gasteiger partial charge is 0.404 e. The third kappa shape index (κ3) is 2.54. The summed E-state index contributed by atoms with van der Waals surface area (Å²) in [5, 5.41) is 0. The van der Waals surface area contributed by atoms with Crippen molar-refractivity contribution in [3.8, 4) is 0 Å². The second kappa shape index (κ2) is 5.61. The highest BCUT2D eigenvalue weighted by Gasteiger charge is 2.47. The number of carbonyl (C=O) groups is 1. The summed E-state index contributed by atoms with van der Waals surface area (Å²) >= 11 is 5.38. The molecule has 0 saturated heterocycles. The van der Waals surface area contributed by atoms with Gasteiger partial charge in [0.25, 0.3) is 0 Å². The minimum absolute atomic E-state index is 0.0249. The number of ether oxygens (including phenoxy) is 1. The van der Waals surface area contributed by atoms with E-state index in [1.54, 1.807) is 5.57 Å². The number of rotatable bonds is 1. The van der Waals surface area contributed by atoms with Gasteiger partial charge >= 0.3 is 5.43 Å². The fraction of sp³-hybridized carbons (Fsp3) is 0.833. The lowest BCUT2D eigenvalue weighted by atomic mass is 9.57. The van der Waals surface area contributed by atoms with Crippen LogP contribution in [0.15, 0.2) is 11.6 Å². The van der Waals surface area contributed by atoms with Gasteiger partial charge in [0, 0.05) is 18.0 Å². The minimum atomic E-state index is -0.640. The number of hydrogen-bond donors (Lipinski definition) is 0. The lowest BCUT2D eigenvalue weighted by molar-refractivity contribution is 0.0399. The highest BCUT2D eigenvalue weighted by atomic mass is 35.5. The first-order chi connectivity index (χ1) is 10.2. The van der Waals surface area contributed by atoms with Crippen molar-refractivity contribution in [2.75, 3.05) is 0 Å². The molecule has 4 aliphatic rings.